The van der Waals surface area contributed by atoms with Gasteiger partial charge in [0.2, 0.25) is 0 Å². The number of aromatic nitrogens is 3. The number of rotatable bonds is 4. The van der Waals surface area contributed by atoms with Crippen molar-refractivity contribution in [1.29, 1.82) is 0 Å². The van der Waals surface area contributed by atoms with Crippen LogP contribution in [0.1, 0.15) is 25.3 Å². The van der Waals surface area contributed by atoms with Gasteiger partial charge in [-0.2, -0.15) is 9.61 Å². The third kappa shape index (κ3) is 2.30. The van der Waals surface area contributed by atoms with Crippen molar-refractivity contribution in [2.75, 3.05) is 24.5 Å². The highest BCUT2D eigenvalue weighted by atomic mass is 15.4. The molecule has 0 aliphatic carbocycles. The van der Waals surface area contributed by atoms with Gasteiger partial charge in [0.05, 0.1) is 0 Å². The summed E-state index contributed by atoms with van der Waals surface area (Å²) in [6, 6.07) is 4.85. The molecule has 3 rings (SSSR count). The number of pyridine rings is 1. The zero-order chi connectivity index (χ0) is 13.2. The van der Waals surface area contributed by atoms with Gasteiger partial charge in [-0.25, -0.2) is 4.98 Å². The van der Waals surface area contributed by atoms with Crippen LogP contribution in [0.3, 0.4) is 0 Å². The van der Waals surface area contributed by atoms with Crippen LogP contribution in [0.4, 0.5) is 5.82 Å². The summed E-state index contributed by atoms with van der Waals surface area (Å²) < 4.78 is 1.96. The fourth-order valence-electron chi connectivity index (χ4n) is 2.90. The highest BCUT2D eigenvalue weighted by molar-refractivity contribution is 5.54. The van der Waals surface area contributed by atoms with Gasteiger partial charge in [-0.05, 0) is 44.0 Å². The van der Waals surface area contributed by atoms with Crippen LogP contribution in [-0.4, -0.2) is 40.3 Å². The fourth-order valence-corrected chi connectivity index (χ4v) is 2.90. The molecule has 0 spiro atoms. The molecule has 0 radical (unpaired) electrons. The summed E-state index contributed by atoms with van der Waals surface area (Å²) in [4.78, 5) is 6.78. The largest absolute Gasteiger partial charge is 0.352 e. The molecule has 5 nitrogen and oxygen atoms in total. The van der Waals surface area contributed by atoms with E-state index in [0.717, 1.165) is 25.3 Å². The number of hydrogen-bond acceptors (Lipinski definition) is 4. The first-order valence-electron chi connectivity index (χ1n) is 7.07. The van der Waals surface area contributed by atoms with Gasteiger partial charge in [0.15, 0.2) is 5.65 Å². The van der Waals surface area contributed by atoms with Crippen molar-refractivity contribution >= 4 is 11.5 Å². The highest BCUT2D eigenvalue weighted by Crippen LogP contribution is 2.26. The summed E-state index contributed by atoms with van der Waals surface area (Å²) in [5.41, 5.74) is 2.17. The van der Waals surface area contributed by atoms with Crippen LogP contribution < -0.4 is 10.2 Å². The monoisotopic (exact) mass is 259 g/mol. The Morgan fingerprint density at radius 3 is 3.16 bits per heavy atom. The SMILES string of the molecule is CCNCC1CCCN1c1cc(C)cc2ncnn12. The molecule has 1 aliphatic heterocycles. The molecule has 0 saturated carbocycles. The van der Waals surface area contributed by atoms with E-state index in [9.17, 15) is 0 Å². The summed E-state index contributed by atoms with van der Waals surface area (Å²) in [6.07, 6.45) is 4.13. The standard InChI is InChI=1S/C14H21N5/c1-3-15-9-12-5-4-6-18(12)14-8-11(2)7-13-16-10-17-19(13)14/h7-8,10,12,15H,3-6,9H2,1-2H3. The predicted molar refractivity (Wildman–Crippen MR) is 76.6 cm³/mol. The average molecular weight is 259 g/mol. The Morgan fingerprint density at radius 1 is 1.42 bits per heavy atom. The van der Waals surface area contributed by atoms with Crippen LogP contribution in [0.2, 0.25) is 0 Å². The summed E-state index contributed by atoms with van der Waals surface area (Å²) in [5, 5.41) is 7.82. The summed E-state index contributed by atoms with van der Waals surface area (Å²) >= 11 is 0. The molecule has 2 aromatic rings. The van der Waals surface area contributed by atoms with Gasteiger partial charge in [-0.3, -0.25) is 0 Å². The molecule has 19 heavy (non-hydrogen) atoms. The molecule has 0 bridgehead atoms. The zero-order valence-corrected chi connectivity index (χ0v) is 11.6. The first-order valence-corrected chi connectivity index (χ1v) is 7.07. The molecule has 1 aliphatic rings. The molecule has 3 heterocycles. The van der Waals surface area contributed by atoms with Gasteiger partial charge < -0.3 is 10.2 Å². The van der Waals surface area contributed by atoms with Crippen molar-refractivity contribution in [2.45, 2.75) is 32.7 Å². The molecule has 1 N–H and O–H groups in total. The Balaban J connectivity index is 1.96. The third-order valence-corrected chi connectivity index (χ3v) is 3.81. The molecule has 1 atom stereocenters. The number of hydrogen-bond donors (Lipinski definition) is 1. The second-order valence-corrected chi connectivity index (χ2v) is 5.22. The van der Waals surface area contributed by atoms with Crippen LogP contribution in [-0.2, 0) is 0 Å². The van der Waals surface area contributed by atoms with Crippen LogP contribution in [0.25, 0.3) is 5.65 Å². The third-order valence-electron chi connectivity index (χ3n) is 3.81. The summed E-state index contributed by atoms with van der Waals surface area (Å²) in [7, 11) is 0. The molecule has 1 saturated heterocycles. The van der Waals surface area contributed by atoms with E-state index in [-0.39, 0.29) is 0 Å². The molecule has 5 heteroatoms. The Bertz CT molecular complexity index is 562. The number of aryl methyl sites for hydroxylation is 1. The van der Waals surface area contributed by atoms with Gasteiger partial charge in [0.25, 0.3) is 0 Å². The lowest BCUT2D eigenvalue weighted by Crippen LogP contribution is -2.39. The van der Waals surface area contributed by atoms with Gasteiger partial charge in [-0.15, -0.1) is 0 Å². The van der Waals surface area contributed by atoms with Crippen LogP contribution >= 0.6 is 0 Å². The summed E-state index contributed by atoms with van der Waals surface area (Å²) in [6.45, 7) is 7.45. The Labute approximate surface area is 113 Å². The fraction of sp³-hybridized carbons (Fsp3) is 0.571. The molecule has 2 aromatic heterocycles. The Morgan fingerprint density at radius 2 is 2.32 bits per heavy atom. The number of anilines is 1. The van der Waals surface area contributed by atoms with Gasteiger partial charge in [-0.1, -0.05) is 6.92 Å². The van der Waals surface area contributed by atoms with E-state index >= 15 is 0 Å². The highest BCUT2D eigenvalue weighted by Gasteiger charge is 2.26. The van der Waals surface area contributed by atoms with E-state index in [2.05, 4.69) is 46.3 Å². The zero-order valence-electron chi connectivity index (χ0n) is 11.6. The van der Waals surface area contributed by atoms with Crippen molar-refractivity contribution in [3.05, 3.63) is 24.0 Å². The maximum atomic E-state index is 4.36. The van der Waals surface area contributed by atoms with Crippen molar-refractivity contribution in [1.82, 2.24) is 19.9 Å². The molecule has 102 valence electrons. The number of nitrogens with one attached hydrogen (secondary N) is 1. The van der Waals surface area contributed by atoms with E-state index in [1.54, 1.807) is 6.33 Å². The van der Waals surface area contributed by atoms with Crippen molar-refractivity contribution in [2.24, 2.45) is 0 Å². The maximum Gasteiger partial charge on any atom is 0.157 e. The van der Waals surface area contributed by atoms with E-state index in [1.165, 1.54) is 24.2 Å². The Kier molecular flexibility index (Phi) is 3.38. The predicted octanol–water partition coefficient (Wildman–Crippen LogP) is 1.62. The molecule has 1 unspecified atom stereocenters. The number of fused-ring (bicyclic) bond motifs is 1. The molecular weight excluding hydrogens is 238 g/mol. The second kappa shape index (κ2) is 5.17. The summed E-state index contributed by atoms with van der Waals surface area (Å²) in [5.74, 6) is 1.17. The van der Waals surface area contributed by atoms with Gasteiger partial charge in [0, 0.05) is 19.1 Å². The quantitative estimate of drug-likeness (QED) is 0.906. The molecule has 0 aromatic carbocycles. The van der Waals surface area contributed by atoms with Crippen LogP contribution in [0.5, 0.6) is 0 Å². The van der Waals surface area contributed by atoms with E-state index in [1.807, 2.05) is 4.52 Å². The van der Waals surface area contributed by atoms with Gasteiger partial charge >= 0.3 is 0 Å². The first-order chi connectivity index (χ1) is 9.29. The van der Waals surface area contributed by atoms with Crippen molar-refractivity contribution < 1.29 is 0 Å². The molecular formula is C14H21N5. The number of nitrogens with zero attached hydrogens (tertiary/aromatic N) is 4. The maximum absolute atomic E-state index is 4.36. The first kappa shape index (κ1) is 12.4. The minimum absolute atomic E-state index is 0.564. The number of likely N-dealkylation sites (N-methyl/N-ethyl adjacent to an activating group) is 1. The molecule has 0 amide bonds. The van der Waals surface area contributed by atoms with Crippen LogP contribution in [0, 0.1) is 6.92 Å². The lowest BCUT2D eigenvalue weighted by Gasteiger charge is -2.27. The lowest BCUT2D eigenvalue weighted by molar-refractivity contribution is 0.581. The van der Waals surface area contributed by atoms with E-state index in [4.69, 9.17) is 0 Å². The average Bonchev–Trinajstić information content (AvgIpc) is 3.03. The van der Waals surface area contributed by atoms with E-state index < -0.39 is 0 Å². The minimum Gasteiger partial charge on any atom is -0.352 e. The van der Waals surface area contributed by atoms with Crippen LogP contribution in [0.15, 0.2) is 18.5 Å². The van der Waals surface area contributed by atoms with Crippen molar-refractivity contribution in [3.8, 4) is 0 Å². The van der Waals surface area contributed by atoms with Gasteiger partial charge in [0.1, 0.15) is 12.1 Å². The molecule has 1 fully saturated rings. The Hall–Kier alpha value is -1.62. The smallest absolute Gasteiger partial charge is 0.157 e. The normalized spacial score (nSPS) is 19.5. The van der Waals surface area contributed by atoms with E-state index in [0.29, 0.717) is 6.04 Å². The topological polar surface area (TPSA) is 45.5 Å². The lowest BCUT2D eigenvalue weighted by atomic mass is 10.2. The second-order valence-electron chi connectivity index (χ2n) is 5.22. The van der Waals surface area contributed by atoms with Crippen molar-refractivity contribution in [3.63, 3.8) is 0 Å². The minimum atomic E-state index is 0.564.